The number of methoxy groups -OCH3 is 1. The van der Waals surface area contributed by atoms with E-state index in [2.05, 4.69) is 49.6 Å². The summed E-state index contributed by atoms with van der Waals surface area (Å²) < 4.78 is 5.39. The second kappa shape index (κ2) is 7.38. The van der Waals surface area contributed by atoms with Gasteiger partial charge in [0.1, 0.15) is 5.75 Å². The van der Waals surface area contributed by atoms with Gasteiger partial charge in [-0.1, -0.05) is 29.8 Å². The largest absolute Gasteiger partial charge is 0.497 e. The van der Waals surface area contributed by atoms with Crippen LogP contribution in [-0.4, -0.2) is 25.4 Å². The zero-order valence-corrected chi connectivity index (χ0v) is 16.0. The van der Waals surface area contributed by atoms with Gasteiger partial charge >= 0.3 is 0 Å². The molecule has 0 radical (unpaired) electrons. The summed E-state index contributed by atoms with van der Waals surface area (Å²) in [6, 6.07) is 14.7. The van der Waals surface area contributed by atoms with Crippen molar-refractivity contribution in [2.24, 2.45) is 0 Å². The molecule has 2 nitrogen and oxygen atoms in total. The van der Waals surface area contributed by atoms with Crippen LogP contribution in [-0.2, 0) is 6.42 Å². The van der Waals surface area contributed by atoms with E-state index in [1.807, 2.05) is 23.9 Å². The molecule has 1 aliphatic heterocycles. The maximum Gasteiger partial charge on any atom is 0.119 e. The van der Waals surface area contributed by atoms with Crippen LogP contribution >= 0.6 is 23.4 Å². The van der Waals surface area contributed by atoms with Crippen molar-refractivity contribution < 1.29 is 4.74 Å². The molecule has 24 heavy (non-hydrogen) atoms. The molecular formula is C20H24ClNOS. The van der Waals surface area contributed by atoms with Gasteiger partial charge in [-0.2, -0.15) is 0 Å². The molecule has 2 atom stereocenters. The highest BCUT2D eigenvalue weighted by Crippen LogP contribution is 2.45. The van der Waals surface area contributed by atoms with Crippen LogP contribution in [0.25, 0.3) is 0 Å². The predicted octanol–water partition coefficient (Wildman–Crippen LogP) is 5.15. The molecule has 2 aromatic rings. The Bertz CT molecular complexity index is 721. The van der Waals surface area contributed by atoms with Crippen LogP contribution in [0.2, 0.25) is 5.02 Å². The lowest BCUT2D eigenvalue weighted by Gasteiger charge is -2.41. The van der Waals surface area contributed by atoms with E-state index in [-0.39, 0.29) is 5.54 Å². The Balaban J connectivity index is 1.94. The number of nitrogens with one attached hydrogen (secondary N) is 1. The number of ether oxygens (including phenoxy) is 1. The number of hydrogen-bond acceptors (Lipinski definition) is 3. The minimum absolute atomic E-state index is 0.0188. The highest BCUT2D eigenvalue weighted by molar-refractivity contribution is 7.99. The normalized spacial score (nSPS) is 19.4. The maximum absolute atomic E-state index is 6.18. The summed E-state index contributed by atoms with van der Waals surface area (Å²) in [5.41, 5.74) is 2.67. The first-order valence-electron chi connectivity index (χ1n) is 8.30. The van der Waals surface area contributed by atoms with Crippen molar-refractivity contribution in [3.05, 3.63) is 58.6 Å². The molecule has 0 aliphatic carbocycles. The molecule has 0 saturated heterocycles. The maximum atomic E-state index is 6.18. The van der Waals surface area contributed by atoms with Gasteiger partial charge < -0.3 is 10.1 Å². The molecule has 1 heterocycles. The van der Waals surface area contributed by atoms with E-state index in [9.17, 15) is 0 Å². The second-order valence-corrected chi connectivity index (χ2v) is 8.14. The average Bonchev–Trinajstić information content (AvgIpc) is 2.60. The number of benzene rings is 2. The smallest absolute Gasteiger partial charge is 0.119 e. The molecule has 0 spiro atoms. The number of hydrogen-bond donors (Lipinski definition) is 1. The van der Waals surface area contributed by atoms with Crippen LogP contribution in [0.1, 0.15) is 30.4 Å². The minimum Gasteiger partial charge on any atom is -0.497 e. The second-order valence-electron chi connectivity index (χ2n) is 6.57. The van der Waals surface area contributed by atoms with E-state index in [1.54, 1.807) is 7.11 Å². The van der Waals surface area contributed by atoms with Crippen LogP contribution in [0.5, 0.6) is 5.75 Å². The number of fused-ring (bicyclic) bond motifs is 1. The molecular weight excluding hydrogens is 338 g/mol. The zero-order valence-electron chi connectivity index (χ0n) is 14.4. The van der Waals surface area contributed by atoms with Crippen molar-refractivity contribution in [1.82, 2.24) is 5.32 Å². The lowest BCUT2D eigenvalue weighted by molar-refractivity contribution is 0.298. The van der Waals surface area contributed by atoms with Crippen molar-refractivity contribution in [3.8, 4) is 5.75 Å². The van der Waals surface area contributed by atoms with Crippen molar-refractivity contribution in [2.75, 3.05) is 19.9 Å². The fourth-order valence-corrected chi connectivity index (χ4v) is 4.98. The van der Waals surface area contributed by atoms with Crippen LogP contribution in [0.3, 0.4) is 0 Å². The van der Waals surface area contributed by atoms with Crippen LogP contribution in [0.15, 0.2) is 47.4 Å². The van der Waals surface area contributed by atoms with Crippen molar-refractivity contribution in [3.63, 3.8) is 0 Å². The molecule has 128 valence electrons. The lowest BCUT2D eigenvalue weighted by atomic mass is 9.75. The number of thioether (sulfide) groups is 1. The highest BCUT2D eigenvalue weighted by atomic mass is 35.5. The first-order chi connectivity index (χ1) is 11.6. The third kappa shape index (κ3) is 3.58. The summed E-state index contributed by atoms with van der Waals surface area (Å²) in [6.07, 6.45) is 2.12. The standard InChI is InChI=1S/C20H24ClNOS/c1-20(22-2,13-14-5-4-6-15(21)11-14)18-9-10-24-19-12-16(23-3)7-8-17(18)19/h4-8,11-12,18,22H,9-10,13H2,1-3H3. The summed E-state index contributed by atoms with van der Waals surface area (Å²) in [6.45, 7) is 2.32. The molecule has 3 rings (SSSR count). The Labute approximate surface area is 153 Å². The molecule has 2 aromatic carbocycles. The molecule has 4 heteroatoms. The summed E-state index contributed by atoms with van der Waals surface area (Å²) in [5.74, 6) is 2.53. The van der Waals surface area contributed by atoms with Gasteiger partial charge in [0.15, 0.2) is 0 Å². The fourth-order valence-electron chi connectivity index (χ4n) is 3.62. The number of likely N-dealkylation sites (N-methyl/N-ethyl adjacent to an activating group) is 1. The number of halogens is 1. The first-order valence-corrected chi connectivity index (χ1v) is 9.66. The molecule has 0 saturated carbocycles. The summed E-state index contributed by atoms with van der Waals surface area (Å²) in [7, 11) is 3.79. The van der Waals surface area contributed by atoms with Gasteiger partial charge in [0.05, 0.1) is 7.11 Å². The first kappa shape index (κ1) is 17.7. The van der Waals surface area contributed by atoms with Gasteiger partial charge in [0.2, 0.25) is 0 Å². The lowest BCUT2D eigenvalue weighted by Crippen LogP contribution is -2.48. The molecule has 1 N–H and O–H groups in total. The monoisotopic (exact) mass is 361 g/mol. The van der Waals surface area contributed by atoms with Crippen molar-refractivity contribution in [2.45, 2.75) is 36.1 Å². The van der Waals surface area contributed by atoms with Gasteiger partial charge in [0, 0.05) is 21.4 Å². The SMILES string of the molecule is CNC(C)(Cc1cccc(Cl)c1)C1CCSc2cc(OC)ccc21. The Morgan fingerprint density at radius 3 is 2.83 bits per heavy atom. The molecule has 0 amide bonds. The van der Waals surface area contributed by atoms with E-state index in [1.165, 1.54) is 22.4 Å². The summed E-state index contributed by atoms with van der Waals surface area (Å²) in [5, 5.41) is 4.40. The van der Waals surface area contributed by atoms with E-state index in [0.717, 1.165) is 22.9 Å². The molecule has 0 fully saturated rings. The predicted molar refractivity (Wildman–Crippen MR) is 104 cm³/mol. The van der Waals surface area contributed by atoms with E-state index in [0.29, 0.717) is 5.92 Å². The summed E-state index contributed by atoms with van der Waals surface area (Å²) >= 11 is 8.11. The van der Waals surface area contributed by atoms with Gasteiger partial charge in [-0.05, 0) is 68.0 Å². The van der Waals surface area contributed by atoms with E-state index < -0.39 is 0 Å². The highest BCUT2D eigenvalue weighted by Gasteiger charge is 2.37. The zero-order chi connectivity index (χ0) is 17.2. The number of rotatable bonds is 5. The molecule has 0 aromatic heterocycles. The van der Waals surface area contributed by atoms with Gasteiger partial charge in [-0.15, -0.1) is 11.8 Å². The van der Waals surface area contributed by atoms with Gasteiger partial charge in [0.25, 0.3) is 0 Å². The van der Waals surface area contributed by atoms with E-state index in [4.69, 9.17) is 16.3 Å². The molecule has 2 unspecified atom stereocenters. The molecule has 1 aliphatic rings. The van der Waals surface area contributed by atoms with E-state index >= 15 is 0 Å². The van der Waals surface area contributed by atoms with Crippen LogP contribution in [0, 0.1) is 0 Å². The van der Waals surface area contributed by atoms with Crippen LogP contribution in [0.4, 0.5) is 0 Å². The third-order valence-electron chi connectivity index (χ3n) is 5.06. The molecule has 0 bridgehead atoms. The van der Waals surface area contributed by atoms with Gasteiger partial charge in [-0.25, -0.2) is 0 Å². The third-order valence-corrected chi connectivity index (χ3v) is 6.40. The van der Waals surface area contributed by atoms with Crippen molar-refractivity contribution in [1.29, 1.82) is 0 Å². The fraction of sp³-hybridized carbons (Fsp3) is 0.400. The Morgan fingerprint density at radius 1 is 1.29 bits per heavy atom. The van der Waals surface area contributed by atoms with Crippen LogP contribution < -0.4 is 10.1 Å². The Kier molecular flexibility index (Phi) is 5.43. The van der Waals surface area contributed by atoms with Crippen molar-refractivity contribution >= 4 is 23.4 Å². The Hall–Kier alpha value is -1.16. The average molecular weight is 362 g/mol. The summed E-state index contributed by atoms with van der Waals surface area (Å²) in [4.78, 5) is 1.35. The van der Waals surface area contributed by atoms with Gasteiger partial charge in [-0.3, -0.25) is 0 Å². The minimum atomic E-state index is -0.0188. The quantitative estimate of drug-likeness (QED) is 0.795. The Morgan fingerprint density at radius 2 is 2.12 bits per heavy atom. The topological polar surface area (TPSA) is 21.3 Å².